The van der Waals surface area contributed by atoms with Crippen LogP contribution >= 0.6 is 0 Å². The second-order valence-electron chi connectivity index (χ2n) is 14.3. The Morgan fingerprint density at radius 2 is 1.32 bits per heavy atom. The van der Waals surface area contributed by atoms with Crippen molar-refractivity contribution in [1.82, 2.24) is 74.5 Å². The van der Waals surface area contributed by atoms with Crippen LogP contribution in [-0.2, 0) is 27.3 Å². The van der Waals surface area contributed by atoms with Gasteiger partial charge < -0.3 is 49.5 Å². The Morgan fingerprint density at radius 3 is 1.81 bits per heavy atom. The largest absolute Gasteiger partial charge is 0.425 e. The number of hydrogen-bond acceptors (Lipinski definition) is 18. The van der Waals surface area contributed by atoms with Crippen LogP contribution < -0.4 is 21.3 Å². The van der Waals surface area contributed by atoms with Crippen LogP contribution in [0.4, 0.5) is 16.4 Å². The molecule has 2 atom stereocenters. The van der Waals surface area contributed by atoms with Crippen LogP contribution in [0.5, 0.6) is 0 Å². The number of carbonyl (C=O) groups is 1. The van der Waals surface area contributed by atoms with Crippen molar-refractivity contribution in [2.45, 2.75) is 65.7 Å². The van der Waals surface area contributed by atoms with Crippen LogP contribution in [0.3, 0.4) is 0 Å². The molecular weight excluding hydrogens is 797 g/mol. The monoisotopic (exact) mass is 850 g/mol. The van der Waals surface area contributed by atoms with Gasteiger partial charge in [0.2, 0.25) is 0 Å². The number of imidazole rings is 2. The average molecular weight is 851 g/mol. The van der Waals surface area contributed by atoms with Crippen molar-refractivity contribution >= 4 is 40.0 Å². The van der Waals surface area contributed by atoms with Crippen LogP contribution in [-0.4, -0.2) is 149 Å². The Balaban J connectivity index is 0.000000183. The third kappa shape index (κ3) is 11.2. The predicted molar refractivity (Wildman–Crippen MR) is 231 cm³/mol. The van der Waals surface area contributed by atoms with E-state index in [-0.39, 0.29) is 12.1 Å². The highest BCUT2D eigenvalue weighted by Gasteiger charge is 2.28. The molecule has 22 nitrogen and oxygen atoms in total. The van der Waals surface area contributed by atoms with Crippen LogP contribution in [0.15, 0.2) is 37.4 Å². The molecule has 6 aromatic heterocycles. The number of rotatable bonds is 14. The summed E-state index contributed by atoms with van der Waals surface area (Å²) in [5.74, 6) is 4.48. The van der Waals surface area contributed by atoms with E-state index in [1.807, 2.05) is 25.3 Å². The zero-order valence-corrected chi connectivity index (χ0v) is 36.0. The number of fused-ring (bicyclic) bond motifs is 2. The number of carbonyl (C=O) groups excluding carboxylic acids is 1. The predicted octanol–water partition coefficient (Wildman–Crippen LogP) is 2.97. The fourth-order valence-electron chi connectivity index (χ4n) is 6.91. The standard InChI is InChI=1S/C20H27N9O2.C16H20N8.C4H7NO2/c1-4-29-18(14-9-22-13(2)23-10-14)27-16-17(24-12-25-19(16)29)26-15-5-7-28(11-15)20(30)21-6-8-31-3;1-3-24-15(11-6-18-10(2)19-7-11)23-13-14(20-9-21-16(13)24)22-12-4-5-17-8-12;1-6-2-3-7-4-5/h9-10,12,15H,4-8,11H2,1-3H3,(H,21,30)(H,24,25,26);6-7,9,12,17H,3-5,8H2,1-2H3,(H,20,21,22);2-3H2,1H3/t15-;12-;/m00./s1. The lowest BCUT2D eigenvalue weighted by Gasteiger charge is -2.18. The van der Waals surface area contributed by atoms with Gasteiger partial charge in [0.25, 0.3) is 6.26 Å². The van der Waals surface area contributed by atoms with E-state index < -0.39 is 0 Å². The van der Waals surface area contributed by atoms with Gasteiger partial charge in [0.05, 0.1) is 24.3 Å². The second kappa shape index (κ2) is 22.2. The minimum Gasteiger partial charge on any atom is -0.425 e. The van der Waals surface area contributed by atoms with Gasteiger partial charge in [-0.1, -0.05) is 0 Å². The van der Waals surface area contributed by atoms with Gasteiger partial charge in [0.1, 0.15) is 42.6 Å². The molecular formula is C40H54N18O4. The maximum Gasteiger partial charge on any atom is 0.317 e. The Kier molecular flexibility index (Phi) is 16.1. The first kappa shape index (κ1) is 44.8. The molecule has 2 saturated heterocycles. The summed E-state index contributed by atoms with van der Waals surface area (Å²) in [6.45, 7) is 14.4. The summed E-state index contributed by atoms with van der Waals surface area (Å²) in [4.78, 5) is 58.6. The molecule has 62 heavy (non-hydrogen) atoms. The van der Waals surface area contributed by atoms with Gasteiger partial charge in [-0.25, -0.2) is 54.6 Å². The Labute approximate surface area is 359 Å². The van der Waals surface area contributed by atoms with Crippen LogP contribution in [0.25, 0.3) is 45.1 Å². The van der Waals surface area contributed by atoms with Gasteiger partial charge in [-0.3, -0.25) is 0 Å². The third-order valence-corrected chi connectivity index (χ3v) is 10.0. The molecule has 0 spiro atoms. The lowest BCUT2D eigenvalue weighted by molar-refractivity contribution is 0.131. The van der Waals surface area contributed by atoms with E-state index in [1.54, 1.807) is 50.2 Å². The molecule has 8 rings (SSSR count). The molecule has 2 aliphatic heterocycles. The van der Waals surface area contributed by atoms with E-state index in [2.05, 4.69) is 82.1 Å². The lowest BCUT2D eigenvalue weighted by atomic mass is 10.2. The number of anilines is 2. The van der Waals surface area contributed by atoms with Gasteiger partial charge in [0, 0.05) is 90.4 Å². The summed E-state index contributed by atoms with van der Waals surface area (Å²) < 4.78 is 17.9. The molecule has 0 saturated carbocycles. The number of nitriles is 1. The molecule has 2 fully saturated rings. The molecule has 2 aliphatic rings. The second-order valence-corrected chi connectivity index (χ2v) is 14.3. The van der Waals surface area contributed by atoms with E-state index in [4.69, 9.17) is 20.0 Å². The van der Waals surface area contributed by atoms with Crippen molar-refractivity contribution in [3.8, 4) is 29.0 Å². The molecule has 8 heterocycles. The smallest absolute Gasteiger partial charge is 0.317 e. The maximum absolute atomic E-state index is 12.3. The van der Waals surface area contributed by atoms with E-state index >= 15 is 0 Å². The Morgan fingerprint density at radius 1 is 0.774 bits per heavy atom. The Hall–Kier alpha value is -6.70. The molecule has 0 aliphatic carbocycles. The number of likely N-dealkylation sites (tertiary alicyclic amines) is 1. The highest BCUT2D eigenvalue weighted by Crippen LogP contribution is 2.29. The van der Waals surface area contributed by atoms with Crippen molar-refractivity contribution < 1.29 is 19.0 Å². The quantitative estimate of drug-likeness (QED) is 0.0907. The Bertz CT molecular complexity index is 2390. The number of nitrogens with one attached hydrogen (secondary N) is 4. The van der Waals surface area contributed by atoms with Crippen molar-refractivity contribution in [3.05, 3.63) is 49.1 Å². The van der Waals surface area contributed by atoms with E-state index in [9.17, 15) is 4.79 Å². The van der Waals surface area contributed by atoms with Crippen LogP contribution in [0.2, 0.25) is 0 Å². The van der Waals surface area contributed by atoms with Gasteiger partial charge >= 0.3 is 6.03 Å². The summed E-state index contributed by atoms with van der Waals surface area (Å²) >= 11 is 0. The van der Waals surface area contributed by atoms with E-state index in [0.717, 1.165) is 83.7 Å². The summed E-state index contributed by atoms with van der Waals surface area (Å²) in [7, 11) is 3.17. The SMILES string of the molecule is CCn1c(-c2cnc(C)nc2)nc2c(N[C@H]3CCN(C(=O)NCCOC)C3)ncnc21.CCn1c(-c2cnc(C)nc2)nc2c(N[C@H]3CCNC3)ncnc21.COCCOC#N. The van der Waals surface area contributed by atoms with Gasteiger partial charge in [-0.05, 0) is 47.1 Å². The summed E-state index contributed by atoms with van der Waals surface area (Å²) in [5.41, 5.74) is 4.79. The number of ether oxygens (including phenoxy) is 3. The van der Waals surface area contributed by atoms with E-state index in [1.165, 1.54) is 12.6 Å². The van der Waals surface area contributed by atoms with Gasteiger partial charge in [-0.15, -0.1) is 0 Å². The molecule has 0 bridgehead atoms. The third-order valence-electron chi connectivity index (χ3n) is 10.0. The molecule has 6 aromatic rings. The van der Waals surface area contributed by atoms with Crippen LogP contribution in [0, 0.1) is 25.4 Å². The zero-order valence-electron chi connectivity index (χ0n) is 36.0. The fraction of sp³-hybridized carbons (Fsp3) is 0.500. The molecule has 0 aromatic carbocycles. The van der Waals surface area contributed by atoms with Crippen molar-refractivity contribution in [2.75, 3.05) is 77.4 Å². The topological polar surface area (TPSA) is 259 Å². The number of nitrogens with zero attached hydrogens (tertiary/aromatic N) is 14. The van der Waals surface area contributed by atoms with Crippen molar-refractivity contribution in [3.63, 3.8) is 0 Å². The maximum atomic E-state index is 12.3. The molecule has 4 N–H and O–H groups in total. The molecule has 22 heteroatoms. The normalized spacial score (nSPS) is 15.7. The number of aryl methyl sites for hydroxylation is 4. The summed E-state index contributed by atoms with van der Waals surface area (Å²) in [6.07, 6.45) is 13.7. The first-order valence-corrected chi connectivity index (χ1v) is 20.5. The first-order valence-electron chi connectivity index (χ1n) is 20.5. The minimum absolute atomic E-state index is 0.0777. The molecule has 328 valence electrons. The molecule has 0 unspecified atom stereocenters. The fourth-order valence-corrected chi connectivity index (χ4v) is 6.91. The van der Waals surface area contributed by atoms with E-state index in [0.29, 0.717) is 69.2 Å². The number of methoxy groups -OCH3 is 2. The molecule has 2 amide bonds. The number of amides is 2. The lowest BCUT2D eigenvalue weighted by Crippen LogP contribution is -2.40. The first-order chi connectivity index (χ1) is 30.3. The minimum atomic E-state index is -0.0777. The highest BCUT2D eigenvalue weighted by molar-refractivity contribution is 5.87. The number of aromatic nitrogens is 12. The summed E-state index contributed by atoms with van der Waals surface area (Å²) in [6, 6.07) is 0.386. The summed E-state index contributed by atoms with van der Waals surface area (Å²) in [5, 5.41) is 20.9. The van der Waals surface area contributed by atoms with Crippen LogP contribution in [0.1, 0.15) is 38.3 Å². The average Bonchev–Trinajstić information content (AvgIpc) is 4.12. The van der Waals surface area contributed by atoms with Crippen molar-refractivity contribution in [2.24, 2.45) is 0 Å². The number of hydrogen-bond donors (Lipinski definition) is 4. The highest BCUT2D eigenvalue weighted by atomic mass is 16.5. The van der Waals surface area contributed by atoms with Gasteiger partial charge in [0.15, 0.2) is 34.0 Å². The number of urea groups is 1. The molecule has 0 radical (unpaired) electrons. The van der Waals surface area contributed by atoms with Crippen molar-refractivity contribution in [1.29, 1.82) is 5.26 Å². The zero-order chi connectivity index (χ0) is 43.8. The van der Waals surface area contributed by atoms with Gasteiger partial charge in [-0.2, -0.15) is 5.26 Å².